The van der Waals surface area contributed by atoms with Crippen molar-refractivity contribution in [3.63, 3.8) is 0 Å². The van der Waals surface area contributed by atoms with Crippen molar-refractivity contribution < 1.29 is 26.4 Å². The number of nitrogens with zero attached hydrogens (tertiary/aromatic N) is 1. The molecule has 160 valence electrons. The summed E-state index contributed by atoms with van der Waals surface area (Å²) in [5.41, 5.74) is 1.82. The van der Waals surface area contributed by atoms with E-state index in [4.69, 9.17) is 0 Å². The Morgan fingerprint density at radius 2 is 1.67 bits per heavy atom. The molecule has 1 aliphatic carbocycles. The normalized spacial score (nSPS) is 17.7. The van der Waals surface area contributed by atoms with Gasteiger partial charge in [-0.25, -0.2) is 21.6 Å². The molecule has 1 amide bonds. The van der Waals surface area contributed by atoms with E-state index in [0.717, 1.165) is 37.0 Å². The summed E-state index contributed by atoms with van der Waals surface area (Å²) in [5, 5.41) is 2.27. The Bertz CT molecular complexity index is 1100. The second kappa shape index (κ2) is 8.03. The zero-order valence-electron chi connectivity index (χ0n) is 16.1. The number of amides is 1. The number of hydrogen-bond acceptors (Lipinski definition) is 3. The van der Waals surface area contributed by atoms with Gasteiger partial charge in [0, 0.05) is 19.0 Å². The fraction of sp³-hybridized carbons (Fsp3) is 0.381. The van der Waals surface area contributed by atoms with E-state index < -0.39 is 45.0 Å². The van der Waals surface area contributed by atoms with E-state index in [1.807, 2.05) is 6.07 Å². The number of rotatable bonds is 4. The molecule has 9 heteroatoms. The minimum absolute atomic E-state index is 0.151. The third kappa shape index (κ3) is 3.83. The molecule has 0 atom stereocenters. The maximum atomic E-state index is 13.8. The van der Waals surface area contributed by atoms with E-state index in [1.165, 1.54) is 9.87 Å². The first-order chi connectivity index (χ1) is 14.3. The maximum Gasteiger partial charge on any atom is 0.243 e. The van der Waals surface area contributed by atoms with Crippen molar-refractivity contribution in [2.24, 2.45) is 5.92 Å². The largest absolute Gasteiger partial charge is 0.323 e. The summed E-state index contributed by atoms with van der Waals surface area (Å²) in [6.45, 7) is 0.301. The van der Waals surface area contributed by atoms with Gasteiger partial charge in [-0.3, -0.25) is 4.79 Å². The zero-order chi connectivity index (χ0) is 21.5. The molecule has 4 rings (SSSR count). The summed E-state index contributed by atoms with van der Waals surface area (Å²) in [5.74, 6) is -5.54. The van der Waals surface area contributed by atoms with Crippen molar-refractivity contribution in [3.05, 3.63) is 58.9 Å². The highest BCUT2D eigenvalue weighted by Crippen LogP contribution is 2.29. The molecule has 2 aromatic carbocycles. The van der Waals surface area contributed by atoms with Crippen LogP contribution in [0.1, 0.15) is 30.4 Å². The Hall–Kier alpha value is -2.39. The van der Waals surface area contributed by atoms with Crippen LogP contribution < -0.4 is 5.32 Å². The smallest absolute Gasteiger partial charge is 0.243 e. The van der Waals surface area contributed by atoms with E-state index in [-0.39, 0.29) is 30.8 Å². The van der Waals surface area contributed by atoms with E-state index in [1.54, 1.807) is 12.1 Å². The Balaban J connectivity index is 1.41. The number of aryl methyl sites for hydroxylation is 2. The number of benzene rings is 2. The SMILES string of the molecule is O=C(Nc1ccc(F)c(F)c1F)C1CCN(S(=O)(=O)c2ccc3c(c2)CCC3)CC1. The minimum Gasteiger partial charge on any atom is -0.323 e. The average Bonchev–Trinajstić information content (AvgIpc) is 3.22. The molecule has 0 unspecified atom stereocenters. The number of sulfonamides is 1. The molecule has 0 radical (unpaired) electrons. The Kier molecular flexibility index (Phi) is 5.59. The van der Waals surface area contributed by atoms with Crippen molar-refractivity contribution in [1.29, 1.82) is 0 Å². The van der Waals surface area contributed by atoms with Gasteiger partial charge in [0.1, 0.15) is 0 Å². The van der Waals surface area contributed by atoms with E-state index in [0.29, 0.717) is 0 Å². The summed E-state index contributed by atoms with van der Waals surface area (Å²) in [4.78, 5) is 12.7. The Labute approximate surface area is 172 Å². The van der Waals surface area contributed by atoms with Crippen LogP contribution in [0.4, 0.5) is 18.9 Å². The van der Waals surface area contributed by atoms with Crippen LogP contribution in [0, 0.1) is 23.4 Å². The lowest BCUT2D eigenvalue weighted by atomic mass is 9.97. The van der Waals surface area contributed by atoms with Crippen LogP contribution in [0.5, 0.6) is 0 Å². The molecule has 0 saturated carbocycles. The highest BCUT2D eigenvalue weighted by atomic mass is 32.2. The van der Waals surface area contributed by atoms with Crippen LogP contribution in [-0.2, 0) is 27.7 Å². The third-order valence-electron chi connectivity index (χ3n) is 5.83. The average molecular weight is 438 g/mol. The van der Waals surface area contributed by atoms with Crippen LogP contribution in [-0.4, -0.2) is 31.7 Å². The predicted octanol–water partition coefficient (Wildman–Crippen LogP) is 3.63. The molecule has 2 aliphatic rings. The number of halogens is 3. The predicted molar refractivity (Wildman–Crippen MR) is 105 cm³/mol. The Morgan fingerprint density at radius 3 is 2.40 bits per heavy atom. The topological polar surface area (TPSA) is 66.5 Å². The first kappa shape index (κ1) is 20.9. The van der Waals surface area contributed by atoms with Gasteiger partial charge in [-0.05, 0) is 67.5 Å². The fourth-order valence-corrected chi connectivity index (χ4v) is 5.59. The van der Waals surface area contributed by atoms with Gasteiger partial charge in [-0.1, -0.05) is 6.07 Å². The quantitative estimate of drug-likeness (QED) is 0.742. The number of fused-ring (bicyclic) bond motifs is 1. The Morgan fingerprint density at radius 1 is 0.967 bits per heavy atom. The first-order valence-electron chi connectivity index (χ1n) is 9.83. The second-order valence-corrected chi connectivity index (χ2v) is 9.61. The van der Waals surface area contributed by atoms with Gasteiger partial charge in [-0.15, -0.1) is 0 Å². The highest BCUT2D eigenvalue weighted by Gasteiger charge is 2.33. The van der Waals surface area contributed by atoms with Crippen LogP contribution in [0.15, 0.2) is 35.2 Å². The lowest BCUT2D eigenvalue weighted by molar-refractivity contribution is -0.120. The van der Waals surface area contributed by atoms with Gasteiger partial charge in [0.2, 0.25) is 15.9 Å². The maximum absolute atomic E-state index is 13.8. The molecule has 1 N–H and O–H groups in total. The number of hydrogen-bond donors (Lipinski definition) is 1. The molecular formula is C21H21F3N2O3S. The van der Waals surface area contributed by atoms with Gasteiger partial charge in [0.05, 0.1) is 10.6 Å². The third-order valence-corrected chi connectivity index (χ3v) is 7.72. The van der Waals surface area contributed by atoms with Gasteiger partial charge < -0.3 is 5.32 Å². The molecular weight excluding hydrogens is 417 g/mol. The summed E-state index contributed by atoms with van der Waals surface area (Å²) in [6, 6.07) is 6.93. The summed E-state index contributed by atoms with van der Waals surface area (Å²) < 4.78 is 67.4. The highest BCUT2D eigenvalue weighted by molar-refractivity contribution is 7.89. The summed E-state index contributed by atoms with van der Waals surface area (Å²) >= 11 is 0. The number of piperidine rings is 1. The fourth-order valence-electron chi connectivity index (χ4n) is 4.07. The zero-order valence-corrected chi connectivity index (χ0v) is 16.9. The van der Waals surface area contributed by atoms with E-state index >= 15 is 0 Å². The molecule has 1 aliphatic heterocycles. The van der Waals surface area contributed by atoms with Crippen molar-refractivity contribution in [1.82, 2.24) is 4.31 Å². The molecule has 0 aromatic heterocycles. The van der Waals surface area contributed by atoms with Crippen molar-refractivity contribution >= 4 is 21.6 Å². The molecule has 1 fully saturated rings. The van der Waals surface area contributed by atoms with Crippen molar-refractivity contribution in [2.45, 2.75) is 37.0 Å². The van der Waals surface area contributed by atoms with Crippen molar-refractivity contribution in [3.8, 4) is 0 Å². The van der Waals surface area contributed by atoms with Crippen LogP contribution in [0.2, 0.25) is 0 Å². The molecule has 30 heavy (non-hydrogen) atoms. The molecule has 5 nitrogen and oxygen atoms in total. The van der Waals surface area contributed by atoms with E-state index in [9.17, 15) is 26.4 Å². The molecule has 0 spiro atoms. The molecule has 1 saturated heterocycles. The summed E-state index contributed by atoms with van der Waals surface area (Å²) in [6.07, 6.45) is 3.37. The number of anilines is 1. The second-order valence-electron chi connectivity index (χ2n) is 7.67. The van der Waals surface area contributed by atoms with Crippen LogP contribution in [0.25, 0.3) is 0 Å². The van der Waals surface area contributed by atoms with Gasteiger partial charge in [0.15, 0.2) is 17.5 Å². The van der Waals surface area contributed by atoms with Crippen LogP contribution in [0.3, 0.4) is 0 Å². The minimum atomic E-state index is -3.66. The lowest BCUT2D eigenvalue weighted by Gasteiger charge is -2.30. The lowest BCUT2D eigenvalue weighted by Crippen LogP contribution is -2.41. The van der Waals surface area contributed by atoms with Gasteiger partial charge in [-0.2, -0.15) is 4.31 Å². The number of carbonyl (C=O) groups is 1. The number of nitrogens with one attached hydrogen (secondary N) is 1. The molecule has 1 heterocycles. The van der Waals surface area contributed by atoms with Gasteiger partial charge >= 0.3 is 0 Å². The molecule has 2 aromatic rings. The first-order valence-corrected chi connectivity index (χ1v) is 11.3. The molecule has 0 bridgehead atoms. The standard InChI is InChI=1S/C21H21F3N2O3S/c22-17-6-7-18(20(24)19(17)23)25-21(27)14-8-10-26(11-9-14)30(28,29)16-5-4-13-2-1-3-15(13)12-16/h4-7,12,14H,1-3,8-11H2,(H,25,27). The van der Waals surface area contributed by atoms with Gasteiger partial charge in [0.25, 0.3) is 0 Å². The van der Waals surface area contributed by atoms with Crippen molar-refractivity contribution in [2.75, 3.05) is 18.4 Å². The number of carbonyl (C=O) groups excluding carboxylic acids is 1. The van der Waals surface area contributed by atoms with Crippen LogP contribution >= 0.6 is 0 Å². The monoisotopic (exact) mass is 438 g/mol. The summed E-state index contributed by atoms with van der Waals surface area (Å²) in [7, 11) is -3.66. The van der Waals surface area contributed by atoms with E-state index in [2.05, 4.69) is 5.32 Å².